The van der Waals surface area contributed by atoms with E-state index in [0.29, 0.717) is 13.1 Å². The minimum absolute atomic E-state index is 0.00122. The number of anilines is 1. The molecule has 0 N–H and O–H groups in total. The number of aromatic nitrogens is 3. The Balaban J connectivity index is 1.43. The highest BCUT2D eigenvalue weighted by Crippen LogP contribution is 2.26. The number of amides is 2. The number of carbonyl (C=O) groups is 2. The second kappa shape index (κ2) is 6.31. The molecule has 130 valence electrons. The van der Waals surface area contributed by atoms with Crippen molar-refractivity contribution in [2.75, 3.05) is 18.5 Å². The average molecular weight is 339 g/mol. The van der Waals surface area contributed by atoms with Crippen molar-refractivity contribution in [3.8, 4) is 0 Å². The Kier molecular flexibility index (Phi) is 3.99. The number of hydrogen-bond donors (Lipinski definition) is 0. The summed E-state index contributed by atoms with van der Waals surface area (Å²) in [7, 11) is 1.77. The Labute approximate surface area is 146 Å². The van der Waals surface area contributed by atoms with Gasteiger partial charge in [-0.25, -0.2) is 0 Å². The molecule has 0 bridgehead atoms. The highest BCUT2D eigenvalue weighted by atomic mass is 16.2. The van der Waals surface area contributed by atoms with Crippen molar-refractivity contribution in [1.82, 2.24) is 19.7 Å². The lowest BCUT2D eigenvalue weighted by Gasteiger charge is -2.21. The molecule has 1 fully saturated rings. The van der Waals surface area contributed by atoms with Gasteiger partial charge in [-0.2, -0.15) is 0 Å². The second-order valence-corrected chi connectivity index (χ2v) is 6.72. The van der Waals surface area contributed by atoms with Crippen LogP contribution in [0.2, 0.25) is 0 Å². The lowest BCUT2D eigenvalue weighted by molar-refractivity contribution is -0.135. The molecule has 7 nitrogen and oxygen atoms in total. The average Bonchev–Trinajstić information content (AvgIpc) is 3.32. The van der Waals surface area contributed by atoms with Crippen LogP contribution < -0.4 is 4.90 Å². The van der Waals surface area contributed by atoms with Crippen LogP contribution in [-0.2, 0) is 29.1 Å². The van der Waals surface area contributed by atoms with E-state index in [9.17, 15) is 9.59 Å². The third-order valence-corrected chi connectivity index (χ3v) is 4.98. The molecule has 2 aliphatic rings. The molecule has 0 saturated carbocycles. The van der Waals surface area contributed by atoms with Crippen LogP contribution >= 0.6 is 0 Å². The maximum atomic E-state index is 12.8. The highest BCUT2D eigenvalue weighted by molar-refractivity contribution is 6.00. The third-order valence-electron chi connectivity index (χ3n) is 4.98. The van der Waals surface area contributed by atoms with Crippen LogP contribution in [0.3, 0.4) is 0 Å². The van der Waals surface area contributed by atoms with Gasteiger partial charge in [-0.05, 0) is 18.6 Å². The first-order valence-corrected chi connectivity index (χ1v) is 8.65. The first-order chi connectivity index (χ1) is 12.1. The van der Waals surface area contributed by atoms with E-state index < -0.39 is 0 Å². The normalized spacial score (nSPS) is 19.3. The maximum absolute atomic E-state index is 12.8. The standard InChI is InChI=1S/C18H21N5O2/c1-21(12-16-20-19-15-8-5-9-22(15)16)18(25)13-10-17(24)23(11-13)14-6-3-2-4-7-14/h2-4,6-7,13H,5,8-12H2,1H3/t13-/m1/s1. The Morgan fingerprint density at radius 1 is 1.28 bits per heavy atom. The van der Waals surface area contributed by atoms with Gasteiger partial charge in [-0.15, -0.1) is 10.2 Å². The molecule has 0 spiro atoms. The number of fused-ring (bicyclic) bond motifs is 1. The Bertz CT molecular complexity index is 801. The fourth-order valence-corrected chi connectivity index (χ4v) is 3.66. The zero-order valence-corrected chi connectivity index (χ0v) is 14.3. The molecular formula is C18H21N5O2. The molecule has 1 saturated heterocycles. The Morgan fingerprint density at radius 2 is 2.08 bits per heavy atom. The van der Waals surface area contributed by atoms with Gasteiger partial charge in [-0.1, -0.05) is 18.2 Å². The van der Waals surface area contributed by atoms with Gasteiger partial charge >= 0.3 is 0 Å². The molecule has 7 heteroatoms. The lowest BCUT2D eigenvalue weighted by atomic mass is 10.1. The van der Waals surface area contributed by atoms with E-state index >= 15 is 0 Å². The van der Waals surface area contributed by atoms with Gasteiger partial charge < -0.3 is 14.4 Å². The minimum atomic E-state index is -0.307. The van der Waals surface area contributed by atoms with Gasteiger partial charge in [0.1, 0.15) is 5.82 Å². The highest BCUT2D eigenvalue weighted by Gasteiger charge is 2.36. The molecule has 1 aromatic heterocycles. The first-order valence-electron chi connectivity index (χ1n) is 8.65. The topological polar surface area (TPSA) is 71.3 Å². The van der Waals surface area contributed by atoms with Crippen molar-refractivity contribution >= 4 is 17.5 Å². The van der Waals surface area contributed by atoms with E-state index in [2.05, 4.69) is 14.8 Å². The molecule has 0 radical (unpaired) electrons. The zero-order valence-electron chi connectivity index (χ0n) is 14.3. The molecule has 0 aliphatic carbocycles. The van der Waals surface area contributed by atoms with Crippen molar-refractivity contribution in [3.05, 3.63) is 42.0 Å². The Hall–Kier alpha value is -2.70. The minimum Gasteiger partial charge on any atom is -0.338 e. The van der Waals surface area contributed by atoms with E-state index in [1.54, 1.807) is 16.8 Å². The fourth-order valence-electron chi connectivity index (χ4n) is 3.66. The molecule has 4 rings (SSSR count). The quantitative estimate of drug-likeness (QED) is 0.840. The number of rotatable bonds is 4. The first kappa shape index (κ1) is 15.8. The number of aryl methyl sites for hydroxylation is 1. The summed E-state index contributed by atoms with van der Waals surface area (Å²) in [5.41, 5.74) is 0.848. The van der Waals surface area contributed by atoms with Crippen molar-refractivity contribution in [2.24, 2.45) is 5.92 Å². The van der Waals surface area contributed by atoms with Gasteiger partial charge in [0.15, 0.2) is 5.82 Å². The number of para-hydroxylation sites is 1. The van der Waals surface area contributed by atoms with Crippen LogP contribution in [0.15, 0.2) is 30.3 Å². The van der Waals surface area contributed by atoms with Gasteiger partial charge in [0.2, 0.25) is 11.8 Å². The van der Waals surface area contributed by atoms with Gasteiger partial charge in [0.25, 0.3) is 0 Å². The van der Waals surface area contributed by atoms with Crippen LogP contribution in [0.25, 0.3) is 0 Å². The SMILES string of the molecule is CN(Cc1nnc2n1CCC2)C(=O)[C@@H]1CC(=O)N(c2ccccc2)C1. The predicted molar refractivity (Wildman–Crippen MR) is 91.7 cm³/mol. The van der Waals surface area contributed by atoms with Crippen LogP contribution in [0, 0.1) is 5.92 Å². The monoisotopic (exact) mass is 339 g/mol. The Morgan fingerprint density at radius 3 is 2.88 bits per heavy atom. The van der Waals surface area contributed by atoms with Crippen LogP contribution in [-0.4, -0.2) is 45.1 Å². The summed E-state index contributed by atoms with van der Waals surface area (Å²) in [6, 6.07) is 9.50. The second-order valence-electron chi connectivity index (χ2n) is 6.72. The van der Waals surface area contributed by atoms with Crippen molar-refractivity contribution in [3.63, 3.8) is 0 Å². The molecule has 0 unspecified atom stereocenters. The molecular weight excluding hydrogens is 318 g/mol. The van der Waals surface area contributed by atoms with Crippen LogP contribution in [0.5, 0.6) is 0 Å². The maximum Gasteiger partial charge on any atom is 0.228 e. The van der Waals surface area contributed by atoms with E-state index in [4.69, 9.17) is 0 Å². The number of benzene rings is 1. The summed E-state index contributed by atoms with van der Waals surface area (Å²) >= 11 is 0. The molecule has 1 atom stereocenters. The summed E-state index contributed by atoms with van der Waals surface area (Å²) < 4.78 is 2.10. The van der Waals surface area contributed by atoms with Crippen LogP contribution in [0.4, 0.5) is 5.69 Å². The van der Waals surface area contributed by atoms with E-state index in [1.807, 2.05) is 30.3 Å². The number of hydrogen-bond acceptors (Lipinski definition) is 4. The number of nitrogens with zero attached hydrogens (tertiary/aromatic N) is 5. The smallest absolute Gasteiger partial charge is 0.228 e. The lowest BCUT2D eigenvalue weighted by Crippen LogP contribution is -2.35. The summed E-state index contributed by atoms with van der Waals surface area (Å²) in [5.74, 6) is 1.51. The van der Waals surface area contributed by atoms with Crippen molar-refractivity contribution in [2.45, 2.75) is 32.4 Å². The van der Waals surface area contributed by atoms with Gasteiger partial charge in [0, 0.05) is 38.7 Å². The van der Waals surface area contributed by atoms with Crippen molar-refractivity contribution < 1.29 is 9.59 Å². The molecule has 3 heterocycles. The number of carbonyl (C=O) groups excluding carboxylic acids is 2. The summed E-state index contributed by atoms with van der Waals surface area (Å²) in [4.78, 5) is 28.5. The zero-order chi connectivity index (χ0) is 17.4. The largest absolute Gasteiger partial charge is 0.338 e. The molecule has 2 aromatic rings. The molecule has 2 amide bonds. The van der Waals surface area contributed by atoms with E-state index in [1.165, 1.54) is 0 Å². The summed E-state index contributed by atoms with van der Waals surface area (Å²) in [5, 5.41) is 8.39. The predicted octanol–water partition coefficient (Wildman–Crippen LogP) is 1.24. The van der Waals surface area contributed by atoms with E-state index in [0.717, 1.165) is 36.7 Å². The molecule has 25 heavy (non-hydrogen) atoms. The van der Waals surface area contributed by atoms with Crippen LogP contribution in [0.1, 0.15) is 24.5 Å². The summed E-state index contributed by atoms with van der Waals surface area (Å²) in [6.45, 7) is 1.79. The molecule has 1 aromatic carbocycles. The van der Waals surface area contributed by atoms with Crippen molar-refractivity contribution in [1.29, 1.82) is 0 Å². The van der Waals surface area contributed by atoms with E-state index in [-0.39, 0.29) is 24.2 Å². The fraction of sp³-hybridized carbons (Fsp3) is 0.444. The third kappa shape index (κ3) is 2.90. The summed E-state index contributed by atoms with van der Waals surface area (Å²) in [6.07, 6.45) is 2.29. The van der Waals surface area contributed by atoms with Gasteiger partial charge in [0.05, 0.1) is 12.5 Å². The molecule has 2 aliphatic heterocycles. The van der Waals surface area contributed by atoms with Gasteiger partial charge in [-0.3, -0.25) is 9.59 Å².